The summed E-state index contributed by atoms with van der Waals surface area (Å²) in [5.41, 5.74) is -0.712. The van der Waals surface area contributed by atoms with E-state index in [1.807, 2.05) is 13.8 Å². The van der Waals surface area contributed by atoms with Crippen LogP contribution in [0.3, 0.4) is 0 Å². The van der Waals surface area contributed by atoms with Crippen LogP contribution in [0.15, 0.2) is 0 Å². The van der Waals surface area contributed by atoms with Gasteiger partial charge in [0.15, 0.2) is 0 Å². The van der Waals surface area contributed by atoms with Crippen LogP contribution in [0.1, 0.15) is 46.5 Å². The van der Waals surface area contributed by atoms with Gasteiger partial charge >= 0.3 is 5.97 Å². The quantitative estimate of drug-likeness (QED) is 0.770. The van der Waals surface area contributed by atoms with Crippen molar-refractivity contribution in [3.05, 3.63) is 0 Å². The number of likely N-dealkylation sites (tertiary alicyclic amines) is 1. The molecule has 1 unspecified atom stereocenters. The highest BCUT2D eigenvalue weighted by Gasteiger charge is 2.39. The van der Waals surface area contributed by atoms with Gasteiger partial charge in [0.2, 0.25) is 0 Å². The molecule has 1 saturated heterocycles. The summed E-state index contributed by atoms with van der Waals surface area (Å²) in [5.74, 6) is -0.690. The average Bonchev–Trinajstić information content (AvgIpc) is 2.42. The molecule has 1 aliphatic heterocycles. The van der Waals surface area contributed by atoms with Gasteiger partial charge in [0, 0.05) is 12.6 Å². The SMILES string of the molecule is CCCN1CCCC(NC(C)C)(C(=O)O)CC1. The highest BCUT2D eigenvalue weighted by atomic mass is 16.4. The largest absolute Gasteiger partial charge is 0.480 e. The van der Waals surface area contributed by atoms with Crippen LogP contribution in [-0.4, -0.2) is 47.2 Å². The first-order valence-electron chi connectivity index (χ1n) is 6.73. The van der Waals surface area contributed by atoms with Crippen molar-refractivity contribution in [2.75, 3.05) is 19.6 Å². The van der Waals surface area contributed by atoms with Crippen molar-refractivity contribution >= 4 is 5.97 Å². The molecular formula is C13H26N2O2. The fraction of sp³-hybridized carbons (Fsp3) is 0.923. The molecular weight excluding hydrogens is 216 g/mol. The number of rotatable bonds is 5. The lowest BCUT2D eigenvalue weighted by Crippen LogP contribution is -2.55. The number of carbonyl (C=O) groups is 1. The van der Waals surface area contributed by atoms with Gasteiger partial charge in [-0.1, -0.05) is 6.92 Å². The Kier molecular flexibility index (Phi) is 5.40. The molecule has 0 spiro atoms. The summed E-state index contributed by atoms with van der Waals surface area (Å²) in [4.78, 5) is 13.9. The van der Waals surface area contributed by atoms with Crippen molar-refractivity contribution in [1.82, 2.24) is 10.2 Å². The molecule has 2 N–H and O–H groups in total. The van der Waals surface area contributed by atoms with Crippen LogP contribution >= 0.6 is 0 Å². The molecule has 0 aromatic carbocycles. The molecule has 0 amide bonds. The van der Waals surface area contributed by atoms with Crippen molar-refractivity contribution in [2.45, 2.75) is 58.0 Å². The zero-order chi connectivity index (χ0) is 12.9. The Bertz CT molecular complexity index is 256. The predicted octanol–water partition coefficient (Wildman–Crippen LogP) is 1.70. The minimum Gasteiger partial charge on any atom is -0.480 e. The van der Waals surface area contributed by atoms with E-state index in [4.69, 9.17) is 0 Å². The van der Waals surface area contributed by atoms with E-state index >= 15 is 0 Å². The molecule has 1 aliphatic rings. The standard InChI is InChI=1S/C13H26N2O2/c1-4-8-15-9-5-6-13(7-10-15,12(16)17)14-11(2)3/h11,14H,4-10H2,1-3H3,(H,16,17). The number of nitrogens with one attached hydrogen (secondary N) is 1. The number of hydrogen-bond donors (Lipinski definition) is 2. The molecule has 0 radical (unpaired) electrons. The fourth-order valence-corrected chi connectivity index (χ4v) is 2.70. The van der Waals surface area contributed by atoms with E-state index in [0.29, 0.717) is 6.42 Å². The van der Waals surface area contributed by atoms with Crippen LogP contribution in [0.4, 0.5) is 0 Å². The first-order valence-corrected chi connectivity index (χ1v) is 6.73. The van der Waals surface area contributed by atoms with Gasteiger partial charge in [-0.15, -0.1) is 0 Å². The number of carboxylic acids is 1. The zero-order valence-electron chi connectivity index (χ0n) is 11.3. The maximum atomic E-state index is 11.5. The highest BCUT2D eigenvalue weighted by Crippen LogP contribution is 2.23. The molecule has 0 aromatic rings. The summed E-state index contributed by atoms with van der Waals surface area (Å²) < 4.78 is 0. The topological polar surface area (TPSA) is 52.6 Å². The summed E-state index contributed by atoms with van der Waals surface area (Å²) in [6, 6.07) is 0.212. The zero-order valence-corrected chi connectivity index (χ0v) is 11.3. The summed E-state index contributed by atoms with van der Waals surface area (Å²) in [6.45, 7) is 9.19. The summed E-state index contributed by atoms with van der Waals surface area (Å²) >= 11 is 0. The van der Waals surface area contributed by atoms with Crippen LogP contribution in [0.25, 0.3) is 0 Å². The van der Waals surface area contributed by atoms with E-state index in [0.717, 1.165) is 38.9 Å². The van der Waals surface area contributed by atoms with Crippen LogP contribution < -0.4 is 5.32 Å². The van der Waals surface area contributed by atoms with Gasteiger partial charge in [-0.3, -0.25) is 10.1 Å². The molecule has 1 heterocycles. The smallest absolute Gasteiger partial charge is 0.323 e. The monoisotopic (exact) mass is 242 g/mol. The molecule has 17 heavy (non-hydrogen) atoms. The second-order valence-electron chi connectivity index (χ2n) is 5.38. The summed E-state index contributed by atoms with van der Waals surface area (Å²) in [7, 11) is 0. The molecule has 1 atom stereocenters. The van der Waals surface area contributed by atoms with Gasteiger partial charge in [0.05, 0.1) is 0 Å². The molecule has 4 nitrogen and oxygen atoms in total. The lowest BCUT2D eigenvalue weighted by molar-refractivity contribution is -0.145. The Morgan fingerprint density at radius 1 is 1.41 bits per heavy atom. The molecule has 100 valence electrons. The maximum absolute atomic E-state index is 11.5. The van der Waals surface area contributed by atoms with Gasteiger partial charge in [-0.25, -0.2) is 0 Å². The Labute approximate surface area is 104 Å². The van der Waals surface area contributed by atoms with Gasteiger partial charge in [0.25, 0.3) is 0 Å². The third-order valence-electron chi connectivity index (χ3n) is 3.45. The normalized spacial score (nSPS) is 27.1. The number of nitrogens with zero attached hydrogens (tertiary/aromatic N) is 1. The lowest BCUT2D eigenvalue weighted by atomic mass is 9.90. The average molecular weight is 242 g/mol. The van der Waals surface area contributed by atoms with E-state index in [1.165, 1.54) is 0 Å². The minimum atomic E-state index is -0.712. The Morgan fingerprint density at radius 3 is 2.65 bits per heavy atom. The van der Waals surface area contributed by atoms with Crippen LogP contribution in [0.2, 0.25) is 0 Å². The van der Waals surface area contributed by atoms with Crippen LogP contribution in [0.5, 0.6) is 0 Å². The molecule has 1 fully saturated rings. The number of aliphatic carboxylic acids is 1. The van der Waals surface area contributed by atoms with Gasteiger partial charge in [-0.05, 0) is 52.6 Å². The molecule has 0 aliphatic carbocycles. The summed E-state index contributed by atoms with van der Waals surface area (Å²) in [6.07, 6.45) is 3.55. The number of carboxylic acid groups (broad SMARTS) is 1. The van der Waals surface area contributed by atoms with Crippen molar-refractivity contribution in [2.24, 2.45) is 0 Å². The van der Waals surface area contributed by atoms with Crippen LogP contribution in [0, 0.1) is 0 Å². The molecule has 0 saturated carbocycles. The van der Waals surface area contributed by atoms with E-state index < -0.39 is 11.5 Å². The maximum Gasteiger partial charge on any atom is 0.323 e. The van der Waals surface area contributed by atoms with Crippen molar-refractivity contribution < 1.29 is 9.90 Å². The number of hydrogen-bond acceptors (Lipinski definition) is 3. The Balaban J connectivity index is 2.69. The van der Waals surface area contributed by atoms with E-state index in [2.05, 4.69) is 17.1 Å². The van der Waals surface area contributed by atoms with Gasteiger partial charge < -0.3 is 10.0 Å². The predicted molar refractivity (Wildman–Crippen MR) is 69.2 cm³/mol. The summed E-state index contributed by atoms with van der Waals surface area (Å²) in [5, 5.41) is 12.8. The second kappa shape index (κ2) is 6.36. The highest BCUT2D eigenvalue weighted by molar-refractivity contribution is 5.78. The van der Waals surface area contributed by atoms with E-state index in [9.17, 15) is 9.90 Å². The minimum absolute atomic E-state index is 0.212. The Hall–Kier alpha value is -0.610. The van der Waals surface area contributed by atoms with Crippen LogP contribution in [-0.2, 0) is 4.79 Å². The van der Waals surface area contributed by atoms with Crippen molar-refractivity contribution in [3.63, 3.8) is 0 Å². The third-order valence-corrected chi connectivity index (χ3v) is 3.45. The lowest BCUT2D eigenvalue weighted by Gasteiger charge is -2.31. The first kappa shape index (κ1) is 14.5. The van der Waals surface area contributed by atoms with Crippen molar-refractivity contribution in [3.8, 4) is 0 Å². The molecule has 0 aromatic heterocycles. The Morgan fingerprint density at radius 2 is 2.12 bits per heavy atom. The molecule has 1 rings (SSSR count). The van der Waals surface area contributed by atoms with Gasteiger partial charge in [0.1, 0.15) is 5.54 Å². The fourth-order valence-electron chi connectivity index (χ4n) is 2.70. The van der Waals surface area contributed by atoms with E-state index in [-0.39, 0.29) is 6.04 Å². The van der Waals surface area contributed by atoms with E-state index in [1.54, 1.807) is 0 Å². The molecule has 0 bridgehead atoms. The van der Waals surface area contributed by atoms with Crippen molar-refractivity contribution in [1.29, 1.82) is 0 Å². The van der Waals surface area contributed by atoms with Gasteiger partial charge in [-0.2, -0.15) is 0 Å². The first-order chi connectivity index (χ1) is 8.00. The molecule has 4 heteroatoms. The third kappa shape index (κ3) is 3.96. The second-order valence-corrected chi connectivity index (χ2v) is 5.38.